The molecule has 2 aromatic heterocycles. The first kappa shape index (κ1) is 21.9. The van der Waals surface area contributed by atoms with Crippen molar-refractivity contribution in [2.45, 2.75) is 32.6 Å². The lowest BCUT2D eigenvalue weighted by Crippen LogP contribution is -2.16. The van der Waals surface area contributed by atoms with E-state index in [2.05, 4.69) is 145 Å². The van der Waals surface area contributed by atoms with Crippen LogP contribution in [0.2, 0.25) is 0 Å². The molecular weight excluding hydrogens is 448 g/mol. The van der Waals surface area contributed by atoms with Crippen LogP contribution in [0.5, 0.6) is 0 Å². The van der Waals surface area contributed by atoms with Crippen LogP contribution in [0.3, 0.4) is 0 Å². The number of benzene rings is 5. The molecule has 2 heterocycles. The summed E-state index contributed by atoms with van der Waals surface area (Å²) in [6.45, 7) is 6.99. The molecular formula is C35H30N2. The minimum atomic E-state index is 0.0439. The maximum absolute atomic E-state index is 2.44. The molecule has 5 aromatic carbocycles. The third-order valence-corrected chi connectivity index (χ3v) is 8.24. The lowest BCUT2D eigenvalue weighted by Gasteiger charge is -2.26. The number of para-hydroxylation sites is 4. The first-order valence-electron chi connectivity index (χ1n) is 13.2. The molecule has 0 aliphatic carbocycles. The molecule has 0 radical (unpaired) electrons. The molecule has 0 unspecified atom stereocenters. The van der Waals surface area contributed by atoms with E-state index in [9.17, 15) is 0 Å². The maximum atomic E-state index is 2.44. The van der Waals surface area contributed by atoms with Gasteiger partial charge in [0.2, 0.25) is 0 Å². The lowest BCUT2D eigenvalue weighted by molar-refractivity contribution is 0.506. The second kappa shape index (κ2) is 8.11. The maximum Gasteiger partial charge on any atom is 0.0541 e. The Hall–Kier alpha value is -4.30. The molecule has 0 spiro atoms. The van der Waals surface area contributed by atoms with Gasteiger partial charge in [-0.05, 0) is 59.9 Å². The SMILES string of the molecule is CCC(C)(C)c1cc(-n2c3ccccc3c3ccccc32)cc(-n2c3ccccc3c3ccccc32)c1. The normalized spacial score (nSPS) is 12.3. The van der Waals surface area contributed by atoms with Crippen molar-refractivity contribution in [1.29, 1.82) is 0 Å². The Morgan fingerprint density at radius 2 is 0.811 bits per heavy atom. The van der Waals surface area contributed by atoms with E-state index in [1.54, 1.807) is 0 Å². The fraction of sp³-hybridized carbons (Fsp3) is 0.143. The highest BCUT2D eigenvalue weighted by molar-refractivity contribution is 6.10. The van der Waals surface area contributed by atoms with E-state index in [1.165, 1.54) is 60.5 Å². The summed E-state index contributed by atoms with van der Waals surface area (Å²) in [6, 6.07) is 42.2. The molecule has 7 rings (SSSR count). The van der Waals surface area contributed by atoms with Crippen LogP contribution >= 0.6 is 0 Å². The zero-order chi connectivity index (χ0) is 25.1. The summed E-state index contributed by atoms with van der Waals surface area (Å²) in [7, 11) is 0. The van der Waals surface area contributed by atoms with Crippen LogP contribution in [-0.2, 0) is 5.41 Å². The minimum Gasteiger partial charge on any atom is -0.309 e. The highest BCUT2D eigenvalue weighted by Crippen LogP contribution is 2.38. The van der Waals surface area contributed by atoms with E-state index in [0.29, 0.717) is 0 Å². The van der Waals surface area contributed by atoms with Crippen molar-refractivity contribution in [1.82, 2.24) is 9.13 Å². The molecule has 37 heavy (non-hydrogen) atoms. The molecule has 0 aliphatic heterocycles. The Bertz CT molecular complexity index is 1710. The van der Waals surface area contributed by atoms with Crippen molar-refractivity contribution in [3.63, 3.8) is 0 Å². The predicted molar refractivity (Wildman–Crippen MR) is 158 cm³/mol. The molecule has 180 valence electrons. The number of hydrogen-bond donors (Lipinski definition) is 0. The van der Waals surface area contributed by atoms with Gasteiger partial charge < -0.3 is 9.13 Å². The van der Waals surface area contributed by atoms with Crippen molar-refractivity contribution in [3.8, 4) is 11.4 Å². The first-order chi connectivity index (χ1) is 18.1. The highest BCUT2D eigenvalue weighted by Gasteiger charge is 2.22. The number of nitrogens with zero attached hydrogens (tertiary/aromatic N) is 2. The number of hydrogen-bond acceptors (Lipinski definition) is 0. The molecule has 0 saturated carbocycles. The zero-order valence-corrected chi connectivity index (χ0v) is 21.6. The Kier molecular flexibility index (Phi) is 4.81. The van der Waals surface area contributed by atoms with Gasteiger partial charge in [0, 0.05) is 32.9 Å². The van der Waals surface area contributed by atoms with Gasteiger partial charge in [0.15, 0.2) is 0 Å². The molecule has 0 saturated heterocycles. The van der Waals surface area contributed by atoms with Gasteiger partial charge in [0.25, 0.3) is 0 Å². The Morgan fingerprint density at radius 3 is 1.14 bits per heavy atom. The summed E-state index contributed by atoms with van der Waals surface area (Å²) in [4.78, 5) is 0. The van der Waals surface area contributed by atoms with E-state index in [1.807, 2.05) is 0 Å². The number of aromatic nitrogens is 2. The summed E-state index contributed by atoms with van der Waals surface area (Å²) in [5.41, 5.74) is 8.76. The van der Waals surface area contributed by atoms with Crippen molar-refractivity contribution < 1.29 is 0 Å². The summed E-state index contributed by atoms with van der Waals surface area (Å²) in [5, 5.41) is 5.15. The summed E-state index contributed by atoms with van der Waals surface area (Å²) < 4.78 is 4.88. The Balaban J connectivity index is 1.62. The van der Waals surface area contributed by atoms with Crippen molar-refractivity contribution in [3.05, 3.63) is 121 Å². The Labute approximate surface area is 217 Å². The predicted octanol–water partition coefficient (Wildman–Crippen LogP) is 9.57. The minimum absolute atomic E-state index is 0.0439. The topological polar surface area (TPSA) is 9.86 Å². The average Bonchev–Trinajstić information content (AvgIpc) is 3.46. The quantitative estimate of drug-likeness (QED) is 0.238. The average molecular weight is 479 g/mol. The van der Waals surface area contributed by atoms with E-state index in [-0.39, 0.29) is 5.41 Å². The zero-order valence-electron chi connectivity index (χ0n) is 21.6. The van der Waals surface area contributed by atoms with Crippen LogP contribution in [0.25, 0.3) is 55.0 Å². The van der Waals surface area contributed by atoms with Crippen LogP contribution in [0.15, 0.2) is 115 Å². The fourth-order valence-corrected chi connectivity index (χ4v) is 5.85. The highest BCUT2D eigenvalue weighted by atomic mass is 15.0. The molecule has 2 nitrogen and oxygen atoms in total. The third-order valence-electron chi connectivity index (χ3n) is 8.24. The van der Waals surface area contributed by atoms with E-state index in [0.717, 1.165) is 6.42 Å². The molecule has 0 N–H and O–H groups in total. The van der Waals surface area contributed by atoms with Crippen LogP contribution in [0.1, 0.15) is 32.8 Å². The van der Waals surface area contributed by atoms with Gasteiger partial charge in [-0.25, -0.2) is 0 Å². The molecule has 0 bridgehead atoms. The van der Waals surface area contributed by atoms with Gasteiger partial charge in [0.05, 0.1) is 22.1 Å². The number of rotatable bonds is 4. The largest absolute Gasteiger partial charge is 0.309 e. The fourth-order valence-electron chi connectivity index (χ4n) is 5.85. The van der Waals surface area contributed by atoms with Crippen molar-refractivity contribution in [2.24, 2.45) is 0 Å². The monoisotopic (exact) mass is 478 g/mol. The second-order valence-electron chi connectivity index (χ2n) is 10.7. The van der Waals surface area contributed by atoms with Crippen LogP contribution in [0.4, 0.5) is 0 Å². The van der Waals surface area contributed by atoms with Crippen molar-refractivity contribution >= 4 is 43.6 Å². The van der Waals surface area contributed by atoms with Gasteiger partial charge >= 0.3 is 0 Å². The molecule has 0 atom stereocenters. The lowest BCUT2D eigenvalue weighted by atomic mass is 9.82. The molecule has 2 heteroatoms. The first-order valence-corrected chi connectivity index (χ1v) is 13.2. The van der Waals surface area contributed by atoms with Gasteiger partial charge in [0.1, 0.15) is 0 Å². The van der Waals surface area contributed by atoms with E-state index >= 15 is 0 Å². The Morgan fingerprint density at radius 1 is 0.486 bits per heavy atom. The summed E-state index contributed by atoms with van der Waals surface area (Å²) >= 11 is 0. The van der Waals surface area contributed by atoms with Gasteiger partial charge in [-0.1, -0.05) is 93.6 Å². The van der Waals surface area contributed by atoms with Crippen LogP contribution in [0, 0.1) is 0 Å². The number of fused-ring (bicyclic) bond motifs is 6. The van der Waals surface area contributed by atoms with E-state index in [4.69, 9.17) is 0 Å². The smallest absolute Gasteiger partial charge is 0.0541 e. The van der Waals surface area contributed by atoms with Crippen LogP contribution in [-0.4, -0.2) is 9.13 Å². The standard InChI is InChI=1S/C35H30N2/c1-4-35(2,3)24-21-25(36-31-17-9-5-13-27(31)28-14-6-10-18-32(28)36)23-26(22-24)37-33-19-11-7-15-29(33)30-16-8-12-20-34(30)37/h5-23H,4H2,1-3H3. The third kappa shape index (κ3) is 3.25. The second-order valence-corrected chi connectivity index (χ2v) is 10.7. The van der Waals surface area contributed by atoms with Crippen molar-refractivity contribution in [2.75, 3.05) is 0 Å². The van der Waals surface area contributed by atoms with Gasteiger partial charge in [-0.2, -0.15) is 0 Å². The molecule has 0 amide bonds. The molecule has 7 aromatic rings. The van der Waals surface area contributed by atoms with Crippen LogP contribution < -0.4 is 0 Å². The van der Waals surface area contributed by atoms with E-state index < -0.39 is 0 Å². The molecule has 0 fully saturated rings. The molecule has 0 aliphatic rings. The summed E-state index contributed by atoms with van der Waals surface area (Å²) in [5.74, 6) is 0. The summed E-state index contributed by atoms with van der Waals surface area (Å²) in [6.07, 6.45) is 1.07. The van der Waals surface area contributed by atoms with Gasteiger partial charge in [-0.3, -0.25) is 0 Å². The van der Waals surface area contributed by atoms with Gasteiger partial charge in [-0.15, -0.1) is 0 Å².